The lowest BCUT2D eigenvalue weighted by Crippen LogP contribution is -2.38. The summed E-state index contributed by atoms with van der Waals surface area (Å²) in [5.41, 5.74) is 0. The third kappa shape index (κ3) is 3.04. The summed E-state index contributed by atoms with van der Waals surface area (Å²) in [6.45, 7) is 5.80. The fourth-order valence-corrected chi connectivity index (χ4v) is 3.45. The summed E-state index contributed by atoms with van der Waals surface area (Å²) in [4.78, 5) is 12.3. The molecule has 0 amide bonds. The largest absolute Gasteiger partial charge is 0.366 e. The van der Waals surface area contributed by atoms with Crippen LogP contribution in [-0.4, -0.2) is 40.5 Å². The molecule has 2 aromatic rings. The van der Waals surface area contributed by atoms with Crippen LogP contribution in [0, 0.1) is 0 Å². The van der Waals surface area contributed by atoms with E-state index in [1.165, 1.54) is 32.4 Å². The molecule has 1 saturated heterocycles. The van der Waals surface area contributed by atoms with Crippen molar-refractivity contribution in [2.24, 2.45) is 0 Å². The van der Waals surface area contributed by atoms with Crippen LogP contribution in [0.15, 0.2) is 17.8 Å². The van der Waals surface area contributed by atoms with Gasteiger partial charge in [-0.05, 0) is 44.3 Å². The molecule has 1 N–H and O–H groups in total. The number of nitrogens with one attached hydrogen (secondary N) is 1. The third-order valence-corrected chi connectivity index (χ3v) is 4.45. The van der Waals surface area contributed by atoms with E-state index in [1.807, 2.05) is 0 Å². The molecule has 1 fully saturated rings. The summed E-state index contributed by atoms with van der Waals surface area (Å²) >= 11 is 1.66. The highest BCUT2D eigenvalue weighted by atomic mass is 32.1. The summed E-state index contributed by atoms with van der Waals surface area (Å²) in [5.74, 6) is 0.968. The van der Waals surface area contributed by atoms with Gasteiger partial charge < -0.3 is 10.2 Å². The average molecular weight is 276 g/mol. The predicted molar refractivity (Wildman–Crippen MR) is 80.8 cm³/mol. The lowest BCUT2D eigenvalue weighted by atomic mass is 10.1. The second kappa shape index (κ2) is 5.84. The topological polar surface area (TPSA) is 41.0 Å². The van der Waals surface area contributed by atoms with Crippen LogP contribution in [0.2, 0.25) is 0 Å². The van der Waals surface area contributed by atoms with Gasteiger partial charge in [0.25, 0.3) is 0 Å². The van der Waals surface area contributed by atoms with Gasteiger partial charge in [0.2, 0.25) is 0 Å². The van der Waals surface area contributed by atoms with Crippen molar-refractivity contribution < 1.29 is 0 Å². The van der Waals surface area contributed by atoms with Gasteiger partial charge in [-0.2, -0.15) is 0 Å². The predicted octanol–water partition coefficient (Wildman–Crippen LogP) is 2.98. The molecule has 0 aliphatic carbocycles. The van der Waals surface area contributed by atoms with E-state index < -0.39 is 0 Å². The molecule has 0 aromatic carbocycles. The molecule has 4 nitrogen and oxygen atoms in total. The van der Waals surface area contributed by atoms with Crippen molar-refractivity contribution >= 4 is 27.4 Å². The first-order valence-electron chi connectivity index (χ1n) is 7.00. The maximum Gasteiger partial charge on any atom is 0.138 e. The maximum atomic E-state index is 4.38. The molecule has 5 heteroatoms. The van der Waals surface area contributed by atoms with E-state index in [4.69, 9.17) is 0 Å². The number of likely N-dealkylation sites (tertiary alicyclic amines) is 1. The zero-order valence-electron chi connectivity index (χ0n) is 11.3. The second-order valence-corrected chi connectivity index (χ2v) is 6.16. The van der Waals surface area contributed by atoms with E-state index in [0.717, 1.165) is 22.6 Å². The summed E-state index contributed by atoms with van der Waals surface area (Å²) in [6, 6.07) is 2.51. The van der Waals surface area contributed by atoms with Crippen molar-refractivity contribution in [2.45, 2.75) is 32.2 Å². The van der Waals surface area contributed by atoms with Crippen LogP contribution in [0.25, 0.3) is 10.2 Å². The van der Waals surface area contributed by atoms with Crippen molar-refractivity contribution in [3.05, 3.63) is 17.8 Å². The Morgan fingerprint density at radius 3 is 3.00 bits per heavy atom. The summed E-state index contributed by atoms with van der Waals surface area (Å²) in [7, 11) is 0. The number of aromatic nitrogens is 2. The van der Waals surface area contributed by atoms with E-state index in [2.05, 4.69) is 38.6 Å². The summed E-state index contributed by atoms with van der Waals surface area (Å²) in [6.07, 6.45) is 5.72. The minimum atomic E-state index is 0.413. The van der Waals surface area contributed by atoms with Crippen LogP contribution in [-0.2, 0) is 0 Å². The molecule has 0 spiro atoms. The van der Waals surface area contributed by atoms with Crippen molar-refractivity contribution in [1.82, 2.24) is 14.9 Å². The number of nitrogens with zero attached hydrogens (tertiary/aromatic N) is 3. The number of anilines is 1. The highest BCUT2D eigenvalue weighted by molar-refractivity contribution is 7.16. The molecular formula is C14H20N4S. The van der Waals surface area contributed by atoms with Gasteiger partial charge in [0.15, 0.2) is 0 Å². The molecule has 0 radical (unpaired) electrons. The Labute approximate surface area is 117 Å². The van der Waals surface area contributed by atoms with Crippen molar-refractivity contribution in [2.75, 3.05) is 25.0 Å². The second-order valence-electron chi connectivity index (χ2n) is 5.27. The highest BCUT2D eigenvalue weighted by Crippen LogP contribution is 2.24. The molecule has 1 aliphatic rings. The molecular weight excluding hydrogens is 256 g/mol. The number of thiophene rings is 1. The van der Waals surface area contributed by atoms with Gasteiger partial charge in [-0.3, -0.25) is 0 Å². The molecule has 2 aromatic heterocycles. The quantitative estimate of drug-likeness (QED) is 0.932. The summed E-state index contributed by atoms with van der Waals surface area (Å²) in [5, 5.41) is 6.74. The Morgan fingerprint density at radius 2 is 2.16 bits per heavy atom. The molecule has 102 valence electrons. The fourth-order valence-electron chi connectivity index (χ4n) is 2.71. The third-order valence-electron chi connectivity index (χ3n) is 3.63. The van der Waals surface area contributed by atoms with Crippen LogP contribution >= 0.6 is 11.3 Å². The van der Waals surface area contributed by atoms with Gasteiger partial charge in [0.1, 0.15) is 17.0 Å². The van der Waals surface area contributed by atoms with Crippen molar-refractivity contribution in [1.29, 1.82) is 0 Å². The van der Waals surface area contributed by atoms with E-state index in [1.54, 1.807) is 17.7 Å². The first-order chi connectivity index (χ1) is 9.33. The number of hydrogen-bond donors (Lipinski definition) is 1. The molecule has 1 aliphatic heterocycles. The van der Waals surface area contributed by atoms with E-state index in [-0.39, 0.29) is 0 Å². The minimum absolute atomic E-state index is 0.413. The fraction of sp³-hybridized carbons (Fsp3) is 0.571. The number of hydrogen-bond acceptors (Lipinski definition) is 5. The lowest BCUT2D eigenvalue weighted by Gasteiger charge is -2.29. The molecule has 0 bridgehead atoms. The molecule has 3 rings (SSSR count). The van der Waals surface area contributed by atoms with Gasteiger partial charge in [0, 0.05) is 12.6 Å². The Morgan fingerprint density at radius 1 is 1.32 bits per heavy atom. The highest BCUT2D eigenvalue weighted by Gasteiger charge is 2.14. The van der Waals surface area contributed by atoms with Crippen LogP contribution in [0.4, 0.5) is 5.82 Å². The molecule has 1 atom stereocenters. The number of piperidine rings is 1. The van der Waals surface area contributed by atoms with E-state index in [9.17, 15) is 0 Å². The monoisotopic (exact) mass is 276 g/mol. The molecule has 0 saturated carbocycles. The Balaban J connectivity index is 1.65. The smallest absolute Gasteiger partial charge is 0.138 e. The molecule has 19 heavy (non-hydrogen) atoms. The van der Waals surface area contributed by atoms with Crippen molar-refractivity contribution in [3.63, 3.8) is 0 Å². The van der Waals surface area contributed by atoms with E-state index in [0.29, 0.717) is 6.04 Å². The maximum absolute atomic E-state index is 4.38. The standard InChI is InChI=1S/C14H20N4S/c1-11(9-18-6-3-2-4-7-18)17-13-12-5-8-19-14(12)16-10-15-13/h5,8,10-11H,2-4,6-7,9H2,1H3,(H,15,16,17). The Kier molecular flexibility index (Phi) is 3.94. The number of fused-ring (bicyclic) bond motifs is 1. The summed E-state index contributed by atoms with van der Waals surface area (Å²) < 4.78 is 0. The van der Waals surface area contributed by atoms with Gasteiger partial charge in [-0.1, -0.05) is 6.42 Å². The zero-order chi connectivity index (χ0) is 13.1. The Bertz CT molecular complexity index is 533. The average Bonchev–Trinajstić information content (AvgIpc) is 2.89. The van der Waals surface area contributed by atoms with Gasteiger partial charge in [0.05, 0.1) is 5.39 Å². The first-order valence-corrected chi connectivity index (χ1v) is 7.88. The molecule has 1 unspecified atom stereocenters. The van der Waals surface area contributed by atoms with Crippen LogP contribution in [0.1, 0.15) is 26.2 Å². The number of rotatable bonds is 4. The Hall–Kier alpha value is -1.20. The van der Waals surface area contributed by atoms with Gasteiger partial charge >= 0.3 is 0 Å². The normalized spacial score (nSPS) is 18.6. The SMILES string of the molecule is CC(CN1CCCCC1)Nc1ncnc2sccc12. The lowest BCUT2D eigenvalue weighted by molar-refractivity contribution is 0.223. The van der Waals surface area contributed by atoms with Gasteiger partial charge in [-0.15, -0.1) is 11.3 Å². The van der Waals surface area contributed by atoms with Crippen LogP contribution in [0.5, 0.6) is 0 Å². The van der Waals surface area contributed by atoms with Crippen LogP contribution < -0.4 is 5.32 Å². The van der Waals surface area contributed by atoms with Crippen molar-refractivity contribution in [3.8, 4) is 0 Å². The van der Waals surface area contributed by atoms with E-state index >= 15 is 0 Å². The first kappa shape index (κ1) is 12.8. The minimum Gasteiger partial charge on any atom is -0.366 e. The van der Waals surface area contributed by atoms with Crippen LogP contribution in [0.3, 0.4) is 0 Å². The van der Waals surface area contributed by atoms with Gasteiger partial charge in [-0.25, -0.2) is 9.97 Å². The molecule has 3 heterocycles. The zero-order valence-corrected chi connectivity index (χ0v) is 12.1.